The Labute approximate surface area is 243 Å². The summed E-state index contributed by atoms with van der Waals surface area (Å²) in [4.78, 5) is 38.6. The fourth-order valence-corrected chi connectivity index (χ4v) is 5.57. The molecule has 13 heteroatoms. The Balaban J connectivity index is 1.62. The van der Waals surface area contributed by atoms with Gasteiger partial charge in [0, 0.05) is 29.9 Å². The lowest BCUT2D eigenvalue weighted by molar-refractivity contribution is -0.137. The summed E-state index contributed by atoms with van der Waals surface area (Å²) in [7, 11) is -3.40. The number of anilines is 1. The third kappa shape index (κ3) is 8.94. The van der Waals surface area contributed by atoms with Crippen LogP contribution in [0.4, 0.5) is 18.9 Å². The largest absolute Gasteiger partial charge is 0.416 e. The van der Waals surface area contributed by atoms with Gasteiger partial charge < -0.3 is 21.3 Å². The fourth-order valence-electron chi connectivity index (χ4n) is 4.68. The Morgan fingerprint density at radius 1 is 0.905 bits per heavy atom. The van der Waals surface area contributed by atoms with Gasteiger partial charge in [-0.15, -0.1) is 0 Å². The van der Waals surface area contributed by atoms with Crippen molar-refractivity contribution in [3.05, 3.63) is 59.2 Å². The van der Waals surface area contributed by atoms with Crippen molar-refractivity contribution in [1.29, 1.82) is 0 Å². The number of unbranched alkanes of at least 4 members (excludes halogenated alkanes) is 1. The predicted octanol–water partition coefficient (Wildman–Crippen LogP) is 4.30. The second-order valence-corrected chi connectivity index (χ2v) is 12.5. The number of halogens is 3. The first-order valence-electron chi connectivity index (χ1n) is 14.0. The second-order valence-electron chi connectivity index (χ2n) is 10.2. The molecule has 2 aromatic carbocycles. The Morgan fingerprint density at radius 3 is 2.14 bits per heavy atom. The third-order valence-electron chi connectivity index (χ3n) is 7.13. The number of sulfone groups is 1. The highest BCUT2D eigenvalue weighted by atomic mass is 32.2. The molecule has 2 unspecified atom stereocenters. The fraction of sp³-hybridized carbons (Fsp3) is 0.483. The smallest absolute Gasteiger partial charge is 0.384 e. The van der Waals surface area contributed by atoms with Crippen LogP contribution in [0.15, 0.2) is 47.4 Å². The zero-order valence-corrected chi connectivity index (χ0v) is 24.5. The SMILES string of the molecule is CCCCNc1ccc(C(F)(F)F)cc1C(=O)NCC(=O)NC1CCCCC1NC(=O)c1ccc(S(=O)(=O)CC)cc1. The highest BCUT2D eigenvalue weighted by Crippen LogP contribution is 2.32. The molecule has 0 radical (unpaired) electrons. The Hall–Kier alpha value is -3.61. The van der Waals surface area contributed by atoms with Gasteiger partial charge in [0.15, 0.2) is 9.84 Å². The van der Waals surface area contributed by atoms with E-state index in [1.54, 1.807) is 0 Å². The molecule has 1 aliphatic rings. The van der Waals surface area contributed by atoms with Crippen LogP contribution in [0.2, 0.25) is 0 Å². The highest BCUT2D eigenvalue weighted by molar-refractivity contribution is 7.91. The molecule has 1 aliphatic carbocycles. The molecule has 0 aliphatic heterocycles. The molecule has 42 heavy (non-hydrogen) atoms. The van der Waals surface area contributed by atoms with E-state index in [1.165, 1.54) is 37.3 Å². The van der Waals surface area contributed by atoms with Crippen LogP contribution in [0.3, 0.4) is 0 Å². The summed E-state index contributed by atoms with van der Waals surface area (Å²) in [5.41, 5.74) is -0.669. The quantitative estimate of drug-likeness (QED) is 0.265. The van der Waals surface area contributed by atoms with Crippen LogP contribution in [0, 0.1) is 0 Å². The number of benzene rings is 2. The summed E-state index contributed by atoms with van der Waals surface area (Å²) in [6, 6.07) is 7.67. The average Bonchev–Trinajstić information content (AvgIpc) is 2.96. The molecule has 2 aromatic rings. The van der Waals surface area contributed by atoms with E-state index < -0.39 is 57.9 Å². The Kier molecular flexibility index (Phi) is 11.4. The first-order valence-corrected chi connectivity index (χ1v) is 15.7. The Morgan fingerprint density at radius 2 is 1.55 bits per heavy atom. The van der Waals surface area contributed by atoms with Gasteiger partial charge in [-0.2, -0.15) is 13.2 Å². The van der Waals surface area contributed by atoms with Crippen LogP contribution < -0.4 is 21.3 Å². The van der Waals surface area contributed by atoms with Crippen molar-refractivity contribution in [1.82, 2.24) is 16.0 Å². The van der Waals surface area contributed by atoms with Gasteiger partial charge in [-0.05, 0) is 61.7 Å². The maximum atomic E-state index is 13.3. The minimum absolute atomic E-state index is 0.0561. The number of nitrogens with one attached hydrogen (secondary N) is 4. The summed E-state index contributed by atoms with van der Waals surface area (Å²) in [5.74, 6) is -1.84. The van der Waals surface area contributed by atoms with Crippen molar-refractivity contribution < 1.29 is 36.0 Å². The molecule has 0 spiro atoms. The molecular formula is C29H37F3N4O5S. The average molecular weight is 611 g/mol. The van der Waals surface area contributed by atoms with Crippen LogP contribution in [-0.2, 0) is 20.8 Å². The molecule has 3 amide bonds. The van der Waals surface area contributed by atoms with E-state index >= 15 is 0 Å². The summed E-state index contributed by atoms with van der Waals surface area (Å²) >= 11 is 0. The normalized spacial score (nSPS) is 17.3. The first kappa shape index (κ1) is 32.9. The summed E-state index contributed by atoms with van der Waals surface area (Å²) in [6.45, 7) is 3.50. The highest BCUT2D eigenvalue weighted by Gasteiger charge is 2.32. The lowest BCUT2D eigenvalue weighted by atomic mass is 9.90. The third-order valence-corrected chi connectivity index (χ3v) is 8.88. The van der Waals surface area contributed by atoms with Crippen LogP contribution in [-0.4, -0.2) is 57.1 Å². The predicted molar refractivity (Wildman–Crippen MR) is 153 cm³/mol. The molecule has 0 heterocycles. The van der Waals surface area contributed by atoms with Crippen LogP contribution in [0.5, 0.6) is 0 Å². The summed E-state index contributed by atoms with van der Waals surface area (Å²) in [5, 5.41) is 11.1. The van der Waals surface area contributed by atoms with Gasteiger partial charge >= 0.3 is 6.18 Å². The second kappa shape index (κ2) is 14.5. The maximum absolute atomic E-state index is 13.3. The summed E-state index contributed by atoms with van der Waals surface area (Å²) in [6.07, 6.45) is -0.206. The van der Waals surface area contributed by atoms with Crippen molar-refractivity contribution in [3.8, 4) is 0 Å². The molecular weight excluding hydrogens is 573 g/mol. The number of alkyl halides is 3. The van der Waals surface area contributed by atoms with E-state index in [0.717, 1.165) is 37.8 Å². The van der Waals surface area contributed by atoms with Gasteiger partial charge in [-0.3, -0.25) is 14.4 Å². The van der Waals surface area contributed by atoms with Gasteiger partial charge in [0.05, 0.1) is 28.3 Å². The minimum atomic E-state index is -4.63. The van der Waals surface area contributed by atoms with Gasteiger partial charge in [0.1, 0.15) is 0 Å². The number of carbonyl (C=O) groups is 3. The van der Waals surface area contributed by atoms with Crippen molar-refractivity contribution >= 4 is 33.2 Å². The molecule has 0 aromatic heterocycles. The zero-order chi connectivity index (χ0) is 30.9. The lowest BCUT2D eigenvalue weighted by Crippen LogP contribution is -2.54. The number of hydrogen-bond donors (Lipinski definition) is 4. The van der Waals surface area contributed by atoms with Gasteiger partial charge in [0.25, 0.3) is 11.8 Å². The van der Waals surface area contributed by atoms with Crippen molar-refractivity contribution in [2.75, 3.05) is 24.2 Å². The lowest BCUT2D eigenvalue weighted by Gasteiger charge is -2.33. The topological polar surface area (TPSA) is 133 Å². The molecule has 4 N–H and O–H groups in total. The van der Waals surface area contributed by atoms with Gasteiger partial charge in [0.2, 0.25) is 5.91 Å². The maximum Gasteiger partial charge on any atom is 0.416 e. The van der Waals surface area contributed by atoms with Crippen molar-refractivity contribution in [3.63, 3.8) is 0 Å². The molecule has 2 atom stereocenters. The van der Waals surface area contributed by atoms with E-state index in [1.807, 2.05) is 6.92 Å². The van der Waals surface area contributed by atoms with E-state index in [9.17, 15) is 36.0 Å². The Bertz CT molecular complexity index is 1360. The number of amides is 3. The molecule has 0 saturated heterocycles. The molecule has 9 nitrogen and oxygen atoms in total. The molecule has 1 saturated carbocycles. The standard InChI is InChI=1S/C29H37F3N4O5S/c1-3-5-16-33-23-15-12-20(29(30,31)32)17-22(23)28(39)34-18-26(37)35-24-8-6-7-9-25(24)36-27(38)19-10-13-21(14-11-19)42(40,41)4-2/h10-15,17,24-25,33H,3-9,16,18H2,1-2H3,(H,34,39)(H,35,37)(H,36,38). The molecule has 3 rings (SSSR count). The van der Waals surface area contributed by atoms with E-state index in [-0.39, 0.29) is 27.5 Å². The first-order chi connectivity index (χ1) is 19.9. The minimum Gasteiger partial charge on any atom is -0.384 e. The summed E-state index contributed by atoms with van der Waals surface area (Å²) < 4.78 is 63.9. The van der Waals surface area contributed by atoms with Crippen molar-refractivity contribution in [2.45, 2.75) is 75.5 Å². The van der Waals surface area contributed by atoms with E-state index in [0.29, 0.717) is 19.4 Å². The zero-order valence-electron chi connectivity index (χ0n) is 23.6. The van der Waals surface area contributed by atoms with Crippen LogP contribution >= 0.6 is 0 Å². The monoisotopic (exact) mass is 610 g/mol. The number of carbonyl (C=O) groups excluding carboxylic acids is 3. The van der Waals surface area contributed by atoms with Gasteiger partial charge in [-0.1, -0.05) is 33.1 Å². The number of rotatable bonds is 12. The molecule has 230 valence electrons. The van der Waals surface area contributed by atoms with Gasteiger partial charge in [-0.25, -0.2) is 8.42 Å². The molecule has 1 fully saturated rings. The van der Waals surface area contributed by atoms with Crippen LogP contribution in [0.1, 0.15) is 78.7 Å². The van der Waals surface area contributed by atoms with E-state index in [4.69, 9.17) is 0 Å². The number of hydrogen-bond acceptors (Lipinski definition) is 6. The van der Waals surface area contributed by atoms with Crippen LogP contribution in [0.25, 0.3) is 0 Å². The molecule has 0 bridgehead atoms. The van der Waals surface area contributed by atoms with E-state index in [2.05, 4.69) is 21.3 Å². The van der Waals surface area contributed by atoms with Crippen molar-refractivity contribution in [2.24, 2.45) is 0 Å².